The van der Waals surface area contributed by atoms with Gasteiger partial charge in [0.2, 0.25) is 5.91 Å². The Balaban J connectivity index is 2.53. The highest BCUT2D eigenvalue weighted by atomic mass is 35.5. The molecule has 1 aromatic rings. The molecular formula is C13H18Cl2N2O2. The second-order valence-corrected chi connectivity index (χ2v) is 5.37. The maximum absolute atomic E-state index is 11.7. The number of nitrogens with two attached hydrogens (primary N) is 1. The van der Waals surface area contributed by atoms with Gasteiger partial charge in [-0.2, -0.15) is 0 Å². The van der Waals surface area contributed by atoms with E-state index in [1.807, 2.05) is 0 Å². The number of hydrogen-bond donors (Lipinski definition) is 3. The van der Waals surface area contributed by atoms with Crippen LogP contribution >= 0.6 is 23.2 Å². The number of anilines is 1. The number of phenolic OH excluding ortho intramolecular Hbond substituents is 1. The van der Waals surface area contributed by atoms with Crippen LogP contribution in [0.15, 0.2) is 12.1 Å². The van der Waals surface area contributed by atoms with Crippen molar-refractivity contribution >= 4 is 34.8 Å². The van der Waals surface area contributed by atoms with Gasteiger partial charge in [-0.1, -0.05) is 30.1 Å². The first-order valence-electron chi connectivity index (χ1n) is 6.12. The van der Waals surface area contributed by atoms with Gasteiger partial charge in [0, 0.05) is 12.1 Å². The molecule has 0 aliphatic carbocycles. The number of benzene rings is 1. The van der Waals surface area contributed by atoms with Gasteiger partial charge in [0.05, 0.1) is 10.0 Å². The monoisotopic (exact) mass is 304 g/mol. The van der Waals surface area contributed by atoms with E-state index < -0.39 is 0 Å². The summed E-state index contributed by atoms with van der Waals surface area (Å²) in [7, 11) is 0. The van der Waals surface area contributed by atoms with Gasteiger partial charge >= 0.3 is 0 Å². The average molecular weight is 305 g/mol. The summed E-state index contributed by atoms with van der Waals surface area (Å²) in [6.45, 7) is 2.69. The predicted molar refractivity (Wildman–Crippen MR) is 78.8 cm³/mol. The van der Waals surface area contributed by atoms with E-state index in [1.54, 1.807) is 0 Å². The largest absolute Gasteiger partial charge is 0.505 e. The van der Waals surface area contributed by atoms with Crippen LogP contribution in [0.1, 0.15) is 26.2 Å². The molecule has 0 fully saturated rings. The molecule has 0 aromatic heterocycles. The van der Waals surface area contributed by atoms with Gasteiger partial charge < -0.3 is 16.2 Å². The molecule has 19 heavy (non-hydrogen) atoms. The van der Waals surface area contributed by atoms with E-state index in [1.165, 1.54) is 12.1 Å². The van der Waals surface area contributed by atoms with Gasteiger partial charge in [-0.3, -0.25) is 4.79 Å². The number of carbonyl (C=O) groups excluding carboxylic acids is 1. The number of amides is 1. The summed E-state index contributed by atoms with van der Waals surface area (Å²) in [6, 6.07) is 2.92. The lowest BCUT2D eigenvalue weighted by Crippen LogP contribution is -2.14. The first kappa shape index (κ1) is 16.1. The molecule has 1 amide bonds. The van der Waals surface area contributed by atoms with Gasteiger partial charge in [-0.05, 0) is 37.4 Å². The number of halogens is 2. The molecule has 0 bridgehead atoms. The number of carbonyl (C=O) groups is 1. The van der Waals surface area contributed by atoms with Crippen LogP contribution in [0.5, 0.6) is 5.75 Å². The molecule has 4 N–H and O–H groups in total. The summed E-state index contributed by atoms with van der Waals surface area (Å²) in [5.74, 6) is 0.127. The fourth-order valence-corrected chi connectivity index (χ4v) is 2.15. The summed E-state index contributed by atoms with van der Waals surface area (Å²) in [6.07, 6.45) is 2.10. The van der Waals surface area contributed by atoms with Crippen molar-refractivity contribution in [3.63, 3.8) is 0 Å². The zero-order valence-electron chi connectivity index (χ0n) is 10.7. The lowest BCUT2D eigenvalue weighted by molar-refractivity contribution is -0.116. The summed E-state index contributed by atoms with van der Waals surface area (Å²) in [5.41, 5.74) is 5.93. The van der Waals surface area contributed by atoms with Crippen LogP contribution in [0, 0.1) is 5.92 Å². The molecule has 106 valence electrons. The first-order chi connectivity index (χ1) is 8.93. The summed E-state index contributed by atoms with van der Waals surface area (Å²) < 4.78 is 0. The zero-order valence-corrected chi connectivity index (χ0v) is 12.3. The van der Waals surface area contributed by atoms with E-state index in [0.717, 1.165) is 12.8 Å². The van der Waals surface area contributed by atoms with Crippen LogP contribution in [0.2, 0.25) is 10.0 Å². The van der Waals surface area contributed by atoms with Crippen LogP contribution in [0.3, 0.4) is 0 Å². The highest BCUT2D eigenvalue weighted by molar-refractivity contribution is 6.37. The molecule has 0 spiro atoms. The third-order valence-corrected chi connectivity index (χ3v) is 3.40. The zero-order chi connectivity index (χ0) is 14.4. The fourth-order valence-electron chi connectivity index (χ4n) is 1.67. The smallest absolute Gasteiger partial charge is 0.224 e. The minimum atomic E-state index is -0.182. The molecule has 1 aromatic carbocycles. The molecule has 0 aliphatic heterocycles. The predicted octanol–water partition coefficient (Wildman–Crippen LogP) is 3.40. The van der Waals surface area contributed by atoms with Crippen molar-refractivity contribution in [2.75, 3.05) is 11.9 Å². The Morgan fingerprint density at radius 3 is 2.47 bits per heavy atom. The molecule has 0 saturated heterocycles. The van der Waals surface area contributed by atoms with Gasteiger partial charge in [-0.15, -0.1) is 0 Å². The normalized spacial score (nSPS) is 12.2. The molecule has 6 heteroatoms. The first-order valence-corrected chi connectivity index (χ1v) is 6.87. The van der Waals surface area contributed by atoms with Crippen molar-refractivity contribution in [2.45, 2.75) is 26.2 Å². The van der Waals surface area contributed by atoms with Crippen molar-refractivity contribution in [3.05, 3.63) is 22.2 Å². The van der Waals surface area contributed by atoms with Crippen molar-refractivity contribution in [1.29, 1.82) is 0 Å². The molecule has 1 atom stereocenters. The Morgan fingerprint density at radius 1 is 1.37 bits per heavy atom. The molecular weight excluding hydrogens is 287 g/mol. The lowest BCUT2D eigenvalue weighted by atomic mass is 10.0. The maximum Gasteiger partial charge on any atom is 0.224 e. The van der Waals surface area contributed by atoms with E-state index >= 15 is 0 Å². The second kappa shape index (κ2) is 7.58. The lowest BCUT2D eigenvalue weighted by Gasteiger charge is -2.11. The van der Waals surface area contributed by atoms with Gasteiger partial charge in [0.15, 0.2) is 5.75 Å². The molecule has 0 heterocycles. The molecule has 1 unspecified atom stereocenters. The average Bonchev–Trinajstić information content (AvgIpc) is 2.34. The molecule has 0 radical (unpaired) electrons. The van der Waals surface area contributed by atoms with E-state index in [0.29, 0.717) is 24.6 Å². The van der Waals surface area contributed by atoms with Crippen molar-refractivity contribution in [1.82, 2.24) is 0 Å². The molecule has 0 saturated carbocycles. The number of phenols is 1. The highest BCUT2D eigenvalue weighted by Crippen LogP contribution is 2.34. The van der Waals surface area contributed by atoms with Crippen molar-refractivity contribution in [2.24, 2.45) is 11.7 Å². The van der Waals surface area contributed by atoms with E-state index in [-0.39, 0.29) is 21.7 Å². The number of hydrogen-bond acceptors (Lipinski definition) is 3. The number of nitrogens with one attached hydrogen (secondary N) is 1. The van der Waals surface area contributed by atoms with Crippen LogP contribution in [-0.2, 0) is 4.79 Å². The summed E-state index contributed by atoms with van der Waals surface area (Å²) in [5, 5.41) is 12.3. The van der Waals surface area contributed by atoms with Crippen LogP contribution in [-0.4, -0.2) is 17.6 Å². The van der Waals surface area contributed by atoms with Crippen molar-refractivity contribution < 1.29 is 9.90 Å². The van der Waals surface area contributed by atoms with Crippen molar-refractivity contribution in [3.8, 4) is 5.75 Å². The Morgan fingerprint density at radius 2 is 1.95 bits per heavy atom. The Labute approximate surface area is 122 Å². The van der Waals surface area contributed by atoms with Crippen LogP contribution in [0.25, 0.3) is 0 Å². The Bertz CT molecular complexity index is 429. The quantitative estimate of drug-likeness (QED) is 0.705. The topological polar surface area (TPSA) is 75.4 Å². The minimum absolute atomic E-state index is 0.110. The third-order valence-electron chi connectivity index (χ3n) is 2.82. The van der Waals surface area contributed by atoms with E-state index in [2.05, 4.69) is 12.2 Å². The van der Waals surface area contributed by atoms with Gasteiger partial charge in [0.1, 0.15) is 0 Å². The van der Waals surface area contributed by atoms with Crippen LogP contribution < -0.4 is 11.1 Å². The number of aromatic hydroxyl groups is 1. The Kier molecular flexibility index (Phi) is 6.42. The third kappa shape index (κ3) is 5.27. The fraction of sp³-hybridized carbons (Fsp3) is 0.462. The van der Waals surface area contributed by atoms with E-state index in [9.17, 15) is 9.90 Å². The van der Waals surface area contributed by atoms with E-state index in [4.69, 9.17) is 28.9 Å². The minimum Gasteiger partial charge on any atom is -0.505 e. The molecule has 1 rings (SSSR count). The number of rotatable bonds is 6. The highest BCUT2D eigenvalue weighted by Gasteiger charge is 2.10. The van der Waals surface area contributed by atoms with Crippen LogP contribution in [0.4, 0.5) is 5.69 Å². The Hall–Kier alpha value is -0.970. The molecule has 0 aliphatic rings. The maximum atomic E-state index is 11.7. The molecule has 4 nitrogen and oxygen atoms in total. The SMILES string of the molecule is CC(CCN)CCC(=O)Nc1cc(Cl)c(O)c(Cl)c1. The summed E-state index contributed by atoms with van der Waals surface area (Å²) in [4.78, 5) is 11.7. The second-order valence-electron chi connectivity index (χ2n) is 4.56. The van der Waals surface area contributed by atoms with Gasteiger partial charge in [0.25, 0.3) is 0 Å². The summed E-state index contributed by atoms with van der Waals surface area (Å²) >= 11 is 11.5. The standard InChI is InChI=1S/C13H18Cl2N2O2/c1-8(4-5-16)2-3-12(18)17-9-6-10(14)13(19)11(15)7-9/h6-8,19H,2-5,16H2,1H3,(H,17,18). The van der Waals surface area contributed by atoms with Gasteiger partial charge in [-0.25, -0.2) is 0 Å².